The summed E-state index contributed by atoms with van der Waals surface area (Å²) in [6.45, 7) is 3.31. The van der Waals surface area contributed by atoms with Crippen LogP contribution in [-0.4, -0.2) is 23.3 Å². The highest BCUT2D eigenvalue weighted by Crippen LogP contribution is 2.16. The number of non-ortho nitro benzene ring substituents is 1. The van der Waals surface area contributed by atoms with Gasteiger partial charge in [-0.3, -0.25) is 14.9 Å². The molecule has 0 spiro atoms. The lowest BCUT2D eigenvalue weighted by atomic mass is 10.1. The molecule has 1 aromatic carbocycles. The first kappa shape index (κ1) is 15.6. The highest BCUT2D eigenvalue weighted by molar-refractivity contribution is 6.19. The summed E-state index contributed by atoms with van der Waals surface area (Å²) in [6, 6.07) is 5.68. The molecule has 0 radical (unpaired) electrons. The second-order valence-electron chi connectivity index (χ2n) is 4.10. The van der Waals surface area contributed by atoms with Crippen molar-refractivity contribution in [2.24, 2.45) is 0 Å². The van der Waals surface area contributed by atoms with Crippen LogP contribution in [-0.2, 0) is 14.3 Å². The van der Waals surface area contributed by atoms with Crippen molar-refractivity contribution in [1.82, 2.24) is 0 Å². The number of hydrogen-bond acceptors (Lipinski definition) is 5. The summed E-state index contributed by atoms with van der Waals surface area (Å²) in [6.07, 6.45) is 1.95. The maximum atomic E-state index is 11.7. The van der Waals surface area contributed by atoms with E-state index in [0.717, 1.165) is 0 Å². The van der Waals surface area contributed by atoms with Crippen LogP contribution in [0.1, 0.15) is 25.8 Å². The van der Waals surface area contributed by atoms with Crippen LogP contribution in [0.5, 0.6) is 0 Å². The van der Waals surface area contributed by atoms with Crippen LogP contribution < -0.4 is 0 Å². The molecule has 20 heavy (non-hydrogen) atoms. The summed E-state index contributed by atoms with van der Waals surface area (Å²) in [7, 11) is 0. The number of nitro benzene ring substituents is 1. The maximum absolute atomic E-state index is 11.7. The molecule has 0 fully saturated rings. The van der Waals surface area contributed by atoms with Crippen LogP contribution in [0, 0.1) is 10.1 Å². The normalized spacial score (nSPS) is 11.0. The Balaban J connectivity index is 3.08. The van der Waals surface area contributed by atoms with E-state index in [4.69, 9.17) is 4.74 Å². The van der Waals surface area contributed by atoms with E-state index in [2.05, 4.69) is 0 Å². The number of ketones is 1. The lowest BCUT2D eigenvalue weighted by Crippen LogP contribution is -2.14. The molecule has 6 nitrogen and oxygen atoms in total. The summed E-state index contributed by atoms with van der Waals surface area (Å²) < 4.78 is 4.90. The molecule has 0 aliphatic carbocycles. The molecule has 0 saturated heterocycles. The van der Waals surface area contributed by atoms with E-state index in [1.165, 1.54) is 31.2 Å². The number of nitro groups is 1. The number of carbonyl (C=O) groups excluding carboxylic acids is 2. The molecule has 0 aromatic heterocycles. The number of esters is 1. The zero-order valence-electron chi connectivity index (χ0n) is 11.3. The molecule has 0 amide bonds. The van der Waals surface area contributed by atoms with Crippen LogP contribution in [0.2, 0.25) is 0 Å². The number of Topliss-reactive ketones (excluding diaryl/α,β-unsaturated/α-hetero) is 1. The Bertz CT molecular complexity index is 562. The van der Waals surface area contributed by atoms with Crippen molar-refractivity contribution in [3.05, 3.63) is 45.5 Å². The Morgan fingerprint density at radius 2 is 2.10 bits per heavy atom. The smallest absolute Gasteiger partial charge is 0.341 e. The first-order chi connectivity index (χ1) is 9.45. The number of ether oxygens (including phenoxy) is 1. The predicted octanol–water partition coefficient (Wildman–Crippen LogP) is 2.52. The first-order valence-corrected chi connectivity index (χ1v) is 6.10. The van der Waals surface area contributed by atoms with Gasteiger partial charge in [-0.05, 0) is 25.0 Å². The second-order valence-corrected chi connectivity index (χ2v) is 4.10. The van der Waals surface area contributed by atoms with Crippen molar-refractivity contribution < 1.29 is 19.2 Å². The van der Waals surface area contributed by atoms with Gasteiger partial charge in [0.05, 0.1) is 11.5 Å². The molecule has 0 unspecified atom stereocenters. The Labute approximate surface area is 116 Å². The average molecular weight is 277 g/mol. The quantitative estimate of drug-likeness (QED) is 0.199. The van der Waals surface area contributed by atoms with E-state index in [1.807, 2.05) is 6.92 Å². The van der Waals surface area contributed by atoms with Gasteiger partial charge in [-0.1, -0.05) is 19.1 Å². The van der Waals surface area contributed by atoms with Crippen molar-refractivity contribution in [2.45, 2.75) is 20.3 Å². The molecule has 0 aliphatic rings. The van der Waals surface area contributed by atoms with Crippen LogP contribution in [0.25, 0.3) is 6.08 Å². The highest BCUT2D eigenvalue weighted by Gasteiger charge is 2.16. The molecule has 1 aromatic rings. The number of benzene rings is 1. The molecule has 0 N–H and O–H groups in total. The molecule has 1 rings (SSSR count). The third-order valence-electron chi connectivity index (χ3n) is 2.43. The van der Waals surface area contributed by atoms with E-state index in [0.29, 0.717) is 12.0 Å². The largest absolute Gasteiger partial charge is 0.462 e. The topological polar surface area (TPSA) is 86.5 Å². The SMILES string of the molecule is CCCOC(=O)/C(=C\c1cccc([N+](=O)[O-])c1)C(C)=O. The fourth-order valence-corrected chi connectivity index (χ4v) is 1.47. The van der Waals surface area contributed by atoms with Gasteiger partial charge in [0.1, 0.15) is 5.57 Å². The molecule has 0 bridgehead atoms. The Morgan fingerprint density at radius 1 is 1.40 bits per heavy atom. The van der Waals surface area contributed by atoms with Crippen molar-refractivity contribution in [3.63, 3.8) is 0 Å². The van der Waals surface area contributed by atoms with Crippen LogP contribution in [0.3, 0.4) is 0 Å². The molecule has 6 heteroatoms. The summed E-state index contributed by atoms with van der Waals surface area (Å²) in [5.41, 5.74) is 0.167. The summed E-state index contributed by atoms with van der Waals surface area (Å²) in [5, 5.41) is 10.7. The third kappa shape index (κ3) is 4.31. The maximum Gasteiger partial charge on any atom is 0.341 e. The minimum absolute atomic E-state index is 0.108. The number of nitrogens with zero attached hydrogens (tertiary/aromatic N) is 1. The minimum atomic E-state index is -0.717. The molecular weight excluding hydrogens is 262 g/mol. The second kappa shape index (κ2) is 7.18. The number of carbonyl (C=O) groups is 2. The molecule has 106 valence electrons. The monoisotopic (exact) mass is 277 g/mol. The zero-order valence-corrected chi connectivity index (χ0v) is 11.3. The molecule has 0 heterocycles. The van der Waals surface area contributed by atoms with Gasteiger partial charge in [0.2, 0.25) is 0 Å². The summed E-state index contributed by atoms with van der Waals surface area (Å²) >= 11 is 0. The minimum Gasteiger partial charge on any atom is -0.462 e. The fourth-order valence-electron chi connectivity index (χ4n) is 1.47. The molecular formula is C14H15NO5. The lowest BCUT2D eigenvalue weighted by molar-refractivity contribution is -0.384. The predicted molar refractivity (Wildman–Crippen MR) is 73.0 cm³/mol. The number of hydrogen-bond donors (Lipinski definition) is 0. The van der Waals surface area contributed by atoms with Crippen LogP contribution in [0.15, 0.2) is 29.8 Å². The zero-order chi connectivity index (χ0) is 15.1. The van der Waals surface area contributed by atoms with Gasteiger partial charge in [-0.15, -0.1) is 0 Å². The van der Waals surface area contributed by atoms with Gasteiger partial charge in [0, 0.05) is 12.1 Å². The highest BCUT2D eigenvalue weighted by atomic mass is 16.6. The molecule has 0 aliphatic heterocycles. The number of rotatable bonds is 6. The Hall–Kier alpha value is -2.50. The van der Waals surface area contributed by atoms with E-state index < -0.39 is 16.7 Å². The van der Waals surface area contributed by atoms with Gasteiger partial charge in [-0.25, -0.2) is 4.79 Å². The third-order valence-corrected chi connectivity index (χ3v) is 2.43. The van der Waals surface area contributed by atoms with Gasteiger partial charge >= 0.3 is 5.97 Å². The summed E-state index contributed by atoms with van der Waals surface area (Å²) in [5.74, 6) is -1.16. The van der Waals surface area contributed by atoms with Crippen molar-refractivity contribution in [3.8, 4) is 0 Å². The Morgan fingerprint density at radius 3 is 2.65 bits per heavy atom. The van der Waals surface area contributed by atoms with Gasteiger partial charge in [0.15, 0.2) is 5.78 Å². The average Bonchev–Trinajstić information content (AvgIpc) is 2.42. The van der Waals surface area contributed by atoms with Gasteiger partial charge < -0.3 is 4.74 Å². The van der Waals surface area contributed by atoms with Crippen molar-refractivity contribution >= 4 is 23.5 Å². The van der Waals surface area contributed by atoms with E-state index in [9.17, 15) is 19.7 Å². The Kier molecular flexibility index (Phi) is 5.58. The van der Waals surface area contributed by atoms with Crippen LogP contribution >= 0.6 is 0 Å². The van der Waals surface area contributed by atoms with Gasteiger partial charge in [0.25, 0.3) is 5.69 Å². The van der Waals surface area contributed by atoms with Crippen LogP contribution in [0.4, 0.5) is 5.69 Å². The van der Waals surface area contributed by atoms with E-state index in [-0.39, 0.29) is 17.9 Å². The van der Waals surface area contributed by atoms with Gasteiger partial charge in [-0.2, -0.15) is 0 Å². The molecule has 0 atom stereocenters. The van der Waals surface area contributed by atoms with E-state index >= 15 is 0 Å². The standard InChI is InChI=1S/C14H15NO5/c1-3-7-20-14(17)13(10(2)16)9-11-5-4-6-12(8-11)15(18)19/h4-6,8-9H,3,7H2,1-2H3/b13-9-. The fraction of sp³-hybridized carbons (Fsp3) is 0.286. The first-order valence-electron chi connectivity index (χ1n) is 6.10. The lowest BCUT2D eigenvalue weighted by Gasteiger charge is -2.04. The van der Waals surface area contributed by atoms with Crippen molar-refractivity contribution in [2.75, 3.05) is 6.61 Å². The summed E-state index contributed by atoms with van der Waals surface area (Å²) in [4.78, 5) is 33.3. The van der Waals surface area contributed by atoms with E-state index in [1.54, 1.807) is 6.07 Å². The van der Waals surface area contributed by atoms with Crippen molar-refractivity contribution in [1.29, 1.82) is 0 Å². The molecule has 0 saturated carbocycles.